The lowest BCUT2D eigenvalue weighted by Crippen LogP contribution is -2.25. The highest BCUT2D eigenvalue weighted by molar-refractivity contribution is 7.09. The van der Waals surface area contributed by atoms with Gasteiger partial charge in [-0.15, -0.1) is 11.3 Å². The van der Waals surface area contributed by atoms with Crippen molar-refractivity contribution in [3.8, 4) is 0 Å². The van der Waals surface area contributed by atoms with Crippen molar-refractivity contribution in [3.05, 3.63) is 52.0 Å². The van der Waals surface area contributed by atoms with Gasteiger partial charge in [0.25, 0.3) is 0 Å². The largest absolute Gasteiger partial charge is 0.327 e. The van der Waals surface area contributed by atoms with Gasteiger partial charge in [0.15, 0.2) is 0 Å². The molecule has 2 aromatic rings. The number of benzene rings is 1. The van der Waals surface area contributed by atoms with Crippen LogP contribution in [0, 0.1) is 6.92 Å². The molecule has 0 fully saturated rings. The number of rotatable bonds is 4. The Morgan fingerprint density at radius 2 is 2.00 bits per heavy atom. The van der Waals surface area contributed by atoms with Gasteiger partial charge in [0.1, 0.15) is 0 Å². The van der Waals surface area contributed by atoms with Gasteiger partial charge in [0.05, 0.1) is 5.51 Å². The predicted molar refractivity (Wildman–Crippen MR) is 68.7 cm³/mol. The maximum absolute atomic E-state index is 6.11. The lowest BCUT2D eigenvalue weighted by molar-refractivity contribution is 0.670. The molecule has 2 rings (SSSR count). The molecule has 16 heavy (non-hydrogen) atoms. The van der Waals surface area contributed by atoms with Crippen molar-refractivity contribution < 1.29 is 0 Å². The first kappa shape index (κ1) is 11.3. The van der Waals surface area contributed by atoms with Gasteiger partial charge in [-0.1, -0.05) is 29.8 Å². The molecule has 84 valence electrons. The molecule has 1 aromatic heterocycles. The molecule has 0 aliphatic carbocycles. The Balaban J connectivity index is 1.92. The third-order valence-corrected chi connectivity index (χ3v) is 3.37. The molecule has 1 unspecified atom stereocenters. The topological polar surface area (TPSA) is 38.9 Å². The standard InChI is InChI=1S/C13H16N2S/c1-10-2-4-11(5-3-10)6-12(14)7-13-8-15-9-16-13/h2-5,8-9,12H,6-7,14H2,1H3. The summed E-state index contributed by atoms with van der Waals surface area (Å²) in [6.45, 7) is 2.10. The summed E-state index contributed by atoms with van der Waals surface area (Å²) >= 11 is 1.67. The Morgan fingerprint density at radius 1 is 1.25 bits per heavy atom. The number of hydrogen-bond acceptors (Lipinski definition) is 3. The molecular formula is C13H16N2S. The van der Waals surface area contributed by atoms with Crippen LogP contribution in [-0.4, -0.2) is 11.0 Å². The highest BCUT2D eigenvalue weighted by atomic mass is 32.1. The van der Waals surface area contributed by atoms with Crippen LogP contribution in [-0.2, 0) is 12.8 Å². The van der Waals surface area contributed by atoms with Gasteiger partial charge < -0.3 is 5.73 Å². The van der Waals surface area contributed by atoms with E-state index in [0.29, 0.717) is 0 Å². The maximum Gasteiger partial charge on any atom is 0.0794 e. The van der Waals surface area contributed by atoms with E-state index >= 15 is 0 Å². The van der Waals surface area contributed by atoms with E-state index < -0.39 is 0 Å². The quantitative estimate of drug-likeness (QED) is 0.880. The second kappa shape index (κ2) is 5.23. The first-order valence-corrected chi connectivity index (χ1v) is 6.30. The van der Waals surface area contributed by atoms with Gasteiger partial charge in [0, 0.05) is 17.1 Å². The number of nitrogens with two attached hydrogens (primary N) is 1. The minimum Gasteiger partial charge on any atom is -0.327 e. The first-order chi connectivity index (χ1) is 7.74. The van der Waals surface area contributed by atoms with Crippen LogP contribution in [0.4, 0.5) is 0 Å². The van der Waals surface area contributed by atoms with E-state index in [1.807, 2.05) is 11.7 Å². The number of aromatic nitrogens is 1. The fraction of sp³-hybridized carbons (Fsp3) is 0.308. The molecule has 1 atom stereocenters. The van der Waals surface area contributed by atoms with E-state index in [-0.39, 0.29) is 6.04 Å². The Kier molecular flexibility index (Phi) is 3.70. The molecular weight excluding hydrogens is 216 g/mol. The van der Waals surface area contributed by atoms with E-state index in [9.17, 15) is 0 Å². The predicted octanol–water partition coefficient (Wildman–Crippen LogP) is 2.56. The summed E-state index contributed by atoms with van der Waals surface area (Å²) in [6.07, 6.45) is 3.75. The van der Waals surface area contributed by atoms with Crippen molar-refractivity contribution in [2.45, 2.75) is 25.8 Å². The molecule has 0 aliphatic rings. The molecule has 2 nitrogen and oxygen atoms in total. The molecule has 1 heterocycles. The van der Waals surface area contributed by atoms with Crippen molar-refractivity contribution in [2.75, 3.05) is 0 Å². The average Bonchev–Trinajstić information content (AvgIpc) is 2.74. The zero-order valence-electron chi connectivity index (χ0n) is 9.39. The molecule has 3 heteroatoms. The fourth-order valence-electron chi connectivity index (χ4n) is 1.70. The van der Waals surface area contributed by atoms with Crippen molar-refractivity contribution >= 4 is 11.3 Å². The minimum atomic E-state index is 0.183. The molecule has 0 saturated heterocycles. The SMILES string of the molecule is Cc1ccc(CC(N)Cc2cncs2)cc1. The molecule has 0 aliphatic heterocycles. The van der Waals surface area contributed by atoms with Gasteiger partial charge in [-0.3, -0.25) is 4.98 Å². The van der Waals surface area contributed by atoms with Crippen LogP contribution in [0.3, 0.4) is 0 Å². The summed E-state index contributed by atoms with van der Waals surface area (Å²) in [5, 5.41) is 0. The van der Waals surface area contributed by atoms with E-state index in [1.165, 1.54) is 16.0 Å². The van der Waals surface area contributed by atoms with Crippen molar-refractivity contribution in [2.24, 2.45) is 5.73 Å². The van der Waals surface area contributed by atoms with Gasteiger partial charge in [-0.25, -0.2) is 0 Å². The van der Waals surface area contributed by atoms with Crippen molar-refractivity contribution in [3.63, 3.8) is 0 Å². The Bertz CT molecular complexity index is 420. The van der Waals surface area contributed by atoms with Crippen LogP contribution >= 0.6 is 11.3 Å². The monoisotopic (exact) mass is 232 g/mol. The molecule has 0 saturated carbocycles. The molecule has 0 spiro atoms. The van der Waals surface area contributed by atoms with Crippen LogP contribution in [0.1, 0.15) is 16.0 Å². The third kappa shape index (κ3) is 3.15. The van der Waals surface area contributed by atoms with E-state index in [2.05, 4.69) is 36.2 Å². The second-order valence-corrected chi connectivity index (χ2v) is 5.09. The summed E-state index contributed by atoms with van der Waals surface area (Å²) in [6, 6.07) is 8.76. The average molecular weight is 232 g/mol. The molecule has 0 bridgehead atoms. The van der Waals surface area contributed by atoms with E-state index in [1.54, 1.807) is 11.3 Å². The minimum absolute atomic E-state index is 0.183. The van der Waals surface area contributed by atoms with E-state index in [4.69, 9.17) is 5.73 Å². The van der Waals surface area contributed by atoms with Crippen LogP contribution in [0.25, 0.3) is 0 Å². The van der Waals surface area contributed by atoms with Gasteiger partial charge in [-0.05, 0) is 25.3 Å². The lowest BCUT2D eigenvalue weighted by Gasteiger charge is -2.10. The maximum atomic E-state index is 6.11. The normalized spacial score (nSPS) is 12.6. The zero-order valence-corrected chi connectivity index (χ0v) is 10.2. The fourth-order valence-corrected chi connectivity index (χ4v) is 2.39. The number of thiazole rings is 1. The lowest BCUT2D eigenvalue weighted by atomic mass is 10.0. The van der Waals surface area contributed by atoms with Crippen LogP contribution in [0.15, 0.2) is 36.0 Å². The van der Waals surface area contributed by atoms with Crippen molar-refractivity contribution in [1.29, 1.82) is 0 Å². The third-order valence-electron chi connectivity index (χ3n) is 2.57. The molecule has 1 aromatic carbocycles. The Morgan fingerprint density at radius 3 is 2.62 bits per heavy atom. The molecule has 0 amide bonds. The van der Waals surface area contributed by atoms with Crippen molar-refractivity contribution in [1.82, 2.24) is 4.98 Å². The number of nitrogens with zero attached hydrogens (tertiary/aromatic N) is 1. The summed E-state index contributed by atoms with van der Waals surface area (Å²) in [4.78, 5) is 5.32. The van der Waals surface area contributed by atoms with Crippen LogP contribution in [0.5, 0.6) is 0 Å². The van der Waals surface area contributed by atoms with Gasteiger partial charge in [0.2, 0.25) is 0 Å². The van der Waals surface area contributed by atoms with Gasteiger partial charge >= 0.3 is 0 Å². The van der Waals surface area contributed by atoms with Crippen LogP contribution in [0.2, 0.25) is 0 Å². The van der Waals surface area contributed by atoms with Crippen LogP contribution < -0.4 is 5.73 Å². The molecule has 2 N–H and O–H groups in total. The number of hydrogen-bond donors (Lipinski definition) is 1. The highest BCUT2D eigenvalue weighted by Crippen LogP contribution is 2.11. The zero-order chi connectivity index (χ0) is 11.4. The Hall–Kier alpha value is -1.19. The van der Waals surface area contributed by atoms with E-state index in [0.717, 1.165) is 12.8 Å². The summed E-state index contributed by atoms with van der Waals surface area (Å²) < 4.78 is 0. The summed E-state index contributed by atoms with van der Waals surface area (Å²) in [5.41, 5.74) is 10.6. The first-order valence-electron chi connectivity index (χ1n) is 5.42. The summed E-state index contributed by atoms with van der Waals surface area (Å²) in [5.74, 6) is 0. The Labute approximate surface area is 100 Å². The van der Waals surface area contributed by atoms with Gasteiger partial charge in [-0.2, -0.15) is 0 Å². The molecule has 0 radical (unpaired) electrons. The second-order valence-electron chi connectivity index (χ2n) is 4.12. The smallest absolute Gasteiger partial charge is 0.0794 e. The summed E-state index contributed by atoms with van der Waals surface area (Å²) in [7, 11) is 0. The number of aryl methyl sites for hydroxylation is 1. The highest BCUT2D eigenvalue weighted by Gasteiger charge is 2.06.